The van der Waals surface area contributed by atoms with Crippen LogP contribution in [-0.2, 0) is 17.8 Å². The second-order valence-electron chi connectivity index (χ2n) is 5.80. The normalized spacial score (nSPS) is 11.7. The van der Waals surface area contributed by atoms with Crippen LogP contribution >= 0.6 is 0 Å². The van der Waals surface area contributed by atoms with Gasteiger partial charge in [0.05, 0.1) is 5.56 Å². The molecule has 1 heterocycles. The Bertz CT molecular complexity index is 923. The molecule has 1 aromatic heterocycles. The Hall–Kier alpha value is -2.83. The second kappa shape index (κ2) is 8.51. The van der Waals surface area contributed by atoms with Crippen LogP contribution in [-0.4, -0.2) is 33.2 Å². The molecule has 7 heteroatoms. The van der Waals surface area contributed by atoms with Gasteiger partial charge in [0, 0.05) is 30.1 Å². The van der Waals surface area contributed by atoms with E-state index in [9.17, 15) is 19.8 Å². The fraction of sp³-hybridized carbons (Fsp3) is 0.158. The predicted molar refractivity (Wildman–Crippen MR) is 93.7 cm³/mol. The van der Waals surface area contributed by atoms with Crippen LogP contribution in [0.15, 0.2) is 54.7 Å². The van der Waals surface area contributed by atoms with Crippen molar-refractivity contribution in [3.8, 4) is 0 Å². The number of rotatable bonds is 7. The predicted octanol–water partition coefficient (Wildman–Crippen LogP) is -0.344. The van der Waals surface area contributed by atoms with E-state index in [0.717, 1.165) is 16.5 Å². The molecule has 0 saturated carbocycles. The second-order valence-corrected chi connectivity index (χ2v) is 5.80. The van der Waals surface area contributed by atoms with Crippen molar-refractivity contribution < 1.29 is 32.2 Å². The number of aromatic amines is 1. The van der Waals surface area contributed by atoms with Gasteiger partial charge in [-0.25, -0.2) is 4.79 Å². The molecule has 136 valence electrons. The van der Waals surface area contributed by atoms with E-state index in [1.807, 2.05) is 30.5 Å². The molecule has 2 aromatic carbocycles. The lowest BCUT2D eigenvalue weighted by molar-refractivity contribution is -0.139. The Balaban J connectivity index is 0.00000243. The first-order valence-electron chi connectivity index (χ1n) is 7.88. The lowest BCUT2D eigenvalue weighted by Gasteiger charge is -2.15. The van der Waals surface area contributed by atoms with Gasteiger partial charge in [0.2, 0.25) is 0 Å². The minimum absolute atomic E-state index is 0. The minimum Gasteiger partial charge on any atom is -1.00 e. The molecule has 1 atom stereocenters. The monoisotopic (exact) mass is 373 g/mol. The van der Waals surface area contributed by atoms with Crippen LogP contribution in [0.25, 0.3) is 10.9 Å². The fourth-order valence-electron chi connectivity index (χ4n) is 2.88. The zero-order valence-electron chi connectivity index (χ0n) is 13.8. The summed E-state index contributed by atoms with van der Waals surface area (Å²) in [5.41, 5.74) is 2.59. The Morgan fingerprint density at radius 2 is 1.69 bits per heavy atom. The van der Waals surface area contributed by atoms with Crippen LogP contribution in [0.4, 0.5) is 0 Å². The number of aromatic nitrogens is 1. The first-order chi connectivity index (χ1) is 12.1. The topological polar surface area (TPSA) is 102 Å². The Labute approximate surface area is 156 Å². The van der Waals surface area contributed by atoms with Crippen molar-refractivity contribution in [1.82, 2.24) is 10.3 Å². The molecule has 0 fully saturated rings. The molecule has 0 aliphatic carbocycles. The number of hydrogen-bond acceptors (Lipinski definition) is 3. The molecule has 6 nitrogen and oxygen atoms in total. The highest BCUT2D eigenvalue weighted by atomic mass is 35.5. The Kier molecular flexibility index (Phi) is 6.38. The summed E-state index contributed by atoms with van der Waals surface area (Å²) in [4.78, 5) is 26.0. The van der Waals surface area contributed by atoms with Crippen molar-refractivity contribution in [2.24, 2.45) is 0 Å². The van der Waals surface area contributed by atoms with Gasteiger partial charge in [-0.3, -0.25) is 10.1 Å². The molecule has 26 heavy (non-hydrogen) atoms. The lowest BCUT2D eigenvalue weighted by atomic mass is 10.0. The molecular weight excluding hydrogens is 356 g/mol. The van der Waals surface area contributed by atoms with E-state index in [-0.39, 0.29) is 24.5 Å². The molecule has 1 unspecified atom stereocenters. The molecule has 0 radical (unpaired) electrons. The maximum absolute atomic E-state index is 11.6. The van der Waals surface area contributed by atoms with Crippen LogP contribution in [0.5, 0.6) is 0 Å². The number of H-pyrrole nitrogens is 1. The highest BCUT2D eigenvalue weighted by Gasteiger charge is 2.20. The number of aliphatic carboxylic acids is 1. The van der Waals surface area contributed by atoms with Crippen molar-refractivity contribution in [2.45, 2.75) is 19.0 Å². The number of carboxylic acids is 2. The third-order valence-electron chi connectivity index (χ3n) is 4.18. The van der Waals surface area contributed by atoms with Crippen molar-refractivity contribution in [1.29, 1.82) is 0 Å². The van der Waals surface area contributed by atoms with Gasteiger partial charge in [0.15, 0.2) is 0 Å². The fourth-order valence-corrected chi connectivity index (χ4v) is 2.88. The maximum atomic E-state index is 11.6. The highest BCUT2D eigenvalue weighted by molar-refractivity contribution is 5.89. The molecule has 0 bridgehead atoms. The summed E-state index contributed by atoms with van der Waals surface area (Å²) in [6.45, 7) is 0.168. The largest absolute Gasteiger partial charge is 1.00 e. The zero-order chi connectivity index (χ0) is 17.8. The van der Waals surface area contributed by atoms with Crippen molar-refractivity contribution in [3.63, 3.8) is 0 Å². The standard InChI is InChI=1S/C19H18N2O4.ClH/c22-18(23)15-7-2-1-5-12(15)10-21-17(19(24)25)9-13-11-20-16-8-4-3-6-14(13)16;/h1-8,11,17,20-21H,9-10H2,(H,22,23)(H,24,25);1H/p-1. The van der Waals surface area contributed by atoms with Gasteiger partial charge in [0.1, 0.15) is 6.04 Å². The molecular formula is C19H18ClN2O4-. The van der Waals surface area contributed by atoms with Gasteiger partial charge in [0.25, 0.3) is 0 Å². The third kappa shape index (κ3) is 4.22. The zero-order valence-corrected chi connectivity index (χ0v) is 14.5. The molecule has 0 saturated heterocycles. The number of para-hydroxylation sites is 1. The van der Waals surface area contributed by atoms with Crippen LogP contribution < -0.4 is 17.7 Å². The summed E-state index contributed by atoms with van der Waals surface area (Å²) in [6.07, 6.45) is 2.11. The van der Waals surface area contributed by atoms with Gasteiger partial charge in [-0.2, -0.15) is 0 Å². The molecule has 3 rings (SSSR count). The van der Waals surface area contributed by atoms with E-state index in [4.69, 9.17) is 0 Å². The van der Waals surface area contributed by atoms with E-state index in [2.05, 4.69) is 10.3 Å². The average molecular weight is 374 g/mol. The summed E-state index contributed by atoms with van der Waals surface area (Å²) < 4.78 is 0. The molecule has 0 spiro atoms. The van der Waals surface area contributed by atoms with Gasteiger partial charge in [-0.15, -0.1) is 0 Å². The maximum Gasteiger partial charge on any atom is 0.336 e. The summed E-state index contributed by atoms with van der Waals surface area (Å²) in [6, 6.07) is 13.5. The van der Waals surface area contributed by atoms with Crippen LogP contribution in [0, 0.1) is 0 Å². The third-order valence-corrected chi connectivity index (χ3v) is 4.18. The number of fused-ring (bicyclic) bond motifs is 1. The van der Waals surface area contributed by atoms with Crippen LogP contribution in [0.1, 0.15) is 21.5 Å². The molecule has 4 N–H and O–H groups in total. The number of halogens is 1. The summed E-state index contributed by atoms with van der Waals surface area (Å²) in [5, 5.41) is 22.7. The number of carbonyl (C=O) groups is 2. The smallest absolute Gasteiger partial charge is 0.336 e. The number of hydrogen-bond donors (Lipinski definition) is 4. The lowest BCUT2D eigenvalue weighted by Crippen LogP contribution is -3.00. The van der Waals surface area contributed by atoms with Crippen molar-refractivity contribution in [3.05, 3.63) is 71.4 Å². The molecule has 0 amide bonds. The van der Waals surface area contributed by atoms with Gasteiger partial charge in [-0.05, 0) is 23.3 Å². The summed E-state index contributed by atoms with van der Waals surface area (Å²) in [7, 11) is 0. The number of nitrogens with one attached hydrogen (secondary N) is 2. The van der Waals surface area contributed by atoms with E-state index in [1.54, 1.807) is 18.2 Å². The van der Waals surface area contributed by atoms with E-state index >= 15 is 0 Å². The Morgan fingerprint density at radius 1 is 1.00 bits per heavy atom. The Morgan fingerprint density at radius 3 is 2.42 bits per heavy atom. The SMILES string of the molecule is O=C(O)c1ccccc1CNC(Cc1c[nH]c2ccccc12)C(=O)O.[Cl-]. The van der Waals surface area contributed by atoms with E-state index in [0.29, 0.717) is 12.0 Å². The van der Waals surface area contributed by atoms with Crippen LogP contribution in [0.2, 0.25) is 0 Å². The van der Waals surface area contributed by atoms with Crippen LogP contribution in [0.3, 0.4) is 0 Å². The molecule has 0 aliphatic rings. The number of aromatic carboxylic acids is 1. The van der Waals surface area contributed by atoms with E-state index in [1.165, 1.54) is 6.07 Å². The minimum atomic E-state index is -1.03. The summed E-state index contributed by atoms with van der Waals surface area (Å²) >= 11 is 0. The average Bonchev–Trinajstić information content (AvgIpc) is 3.01. The number of carboxylic acid groups (broad SMARTS) is 2. The number of benzene rings is 2. The van der Waals surface area contributed by atoms with Gasteiger partial charge >= 0.3 is 11.9 Å². The molecule has 3 aromatic rings. The van der Waals surface area contributed by atoms with E-state index < -0.39 is 18.0 Å². The van der Waals surface area contributed by atoms with Crippen molar-refractivity contribution >= 4 is 22.8 Å². The first kappa shape index (κ1) is 19.5. The molecule has 0 aliphatic heterocycles. The van der Waals surface area contributed by atoms with Gasteiger partial charge < -0.3 is 27.6 Å². The summed E-state index contributed by atoms with van der Waals surface area (Å²) in [5.74, 6) is -2.00. The first-order valence-corrected chi connectivity index (χ1v) is 7.88. The quantitative estimate of drug-likeness (QED) is 0.453. The highest BCUT2D eigenvalue weighted by Crippen LogP contribution is 2.19. The van der Waals surface area contributed by atoms with Gasteiger partial charge in [-0.1, -0.05) is 36.4 Å². The van der Waals surface area contributed by atoms with Crippen molar-refractivity contribution in [2.75, 3.05) is 0 Å².